The molecular weight excluding hydrogens is 268 g/mol. The summed E-state index contributed by atoms with van der Waals surface area (Å²) in [4.78, 5) is 0. The van der Waals surface area contributed by atoms with Gasteiger partial charge in [0, 0.05) is 38.2 Å². The lowest BCUT2D eigenvalue weighted by atomic mass is 10.1. The van der Waals surface area contributed by atoms with Crippen LogP contribution in [-0.2, 0) is 10.2 Å². The third-order valence-electron chi connectivity index (χ3n) is 2.99. The topological polar surface area (TPSA) is 40.6 Å². The molecule has 1 aliphatic heterocycles. The van der Waals surface area contributed by atoms with Crippen LogP contribution >= 0.6 is 11.8 Å². The molecular formula is C12H18N2O2S2. The van der Waals surface area contributed by atoms with Crippen LogP contribution in [0.2, 0.25) is 0 Å². The molecule has 0 radical (unpaired) electrons. The van der Waals surface area contributed by atoms with Crippen molar-refractivity contribution in [3.05, 3.63) is 35.9 Å². The second-order valence-electron chi connectivity index (χ2n) is 4.42. The zero-order chi connectivity index (χ0) is 13.2. The van der Waals surface area contributed by atoms with Crippen molar-refractivity contribution < 1.29 is 8.42 Å². The van der Waals surface area contributed by atoms with Crippen LogP contribution in [0.5, 0.6) is 0 Å². The predicted octanol–water partition coefficient (Wildman–Crippen LogP) is 1.58. The number of nitrogens with zero attached hydrogens (tertiary/aromatic N) is 2. The summed E-state index contributed by atoms with van der Waals surface area (Å²) in [6, 6.07) is 10.1. The zero-order valence-corrected chi connectivity index (χ0v) is 12.2. The van der Waals surface area contributed by atoms with Gasteiger partial charge in [-0.25, -0.2) is 0 Å². The van der Waals surface area contributed by atoms with Gasteiger partial charge in [-0.2, -0.15) is 28.8 Å². The van der Waals surface area contributed by atoms with Gasteiger partial charge in [-0.1, -0.05) is 30.3 Å². The van der Waals surface area contributed by atoms with Crippen LogP contribution in [-0.4, -0.2) is 50.0 Å². The predicted molar refractivity (Wildman–Crippen MR) is 75.8 cm³/mol. The van der Waals surface area contributed by atoms with Crippen LogP contribution in [0.3, 0.4) is 0 Å². The maximum Gasteiger partial charge on any atom is 0.281 e. The Morgan fingerprint density at radius 3 is 2.56 bits per heavy atom. The zero-order valence-electron chi connectivity index (χ0n) is 10.6. The fraction of sp³-hybridized carbons (Fsp3) is 0.500. The van der Waals surface area contributed by atoms with E-state index in [9.17, 15) is 8.42 Å². The first kappa shape index (κ1) is 13.9. The summed E-state index contributed by atoms with van der Waals surface area (Å²) < 4.78 is 27.1. The monoisotopic (exact) mass is 286 g/mol. The Balaban J connectivity index is 2.15. The Hall–Kier alpha value is -0.560. The summed E-state index contributed by atoms with van der Waals surface area (Å²) in [7, 11) is -0.132. The molecule has 18 heavy (non-hydrogen) atoms. The molecule has 1 saturated heterocycles. The lowest BCUT2D eigenvalue weighted by Gasteiger charge is -2.33. The molecule has 0 aromatic heterocycles. The molecule has 2 rings (SSSR count). The fourth-order valence-corrected chi connectivity index (χ4v) is 4.51. The van der Waals surface area contributed by atoms with E-state index in [-0.39, 0.29) is 5.25 Å². The summed E-state index contributed by atoms with van der Waals surface area (Å²) in [5.41, 5.74) is 1.20. The molecule has 0 saturated carbocycles. The van der Waals surface area contributed by atoms with Gasteiger partial charge in [0.1, 0.15) is 0 Å². The van der Waals surface area contributed by atoms with Crippen LogP contribution in [0.15, 0.2) is 30.3 Å². The average Bonchev–Trinajstić information content (AvgIpc) is 2.40. The molecule has 0 bridgehead atoms. The Kier molecular flexibility index (Phi) is 4.32. The highest BCUT2D eigenvalue weighted by molar-refractivity contribution is 7.99. The average molecular weight is 286 g/mol. The number of hydrogen-bond acceptors (Lipinski definition) is 3. The standard InChI is InChI=1S/C12H18N2O2S2/c1-13(2)18(15,16)14-8-9-17-12(10-14)11-6-4-3-5-7-11/h3-7,12H,8-10H2,1-2H3. The van der Waals surface area contributed by atoms with Crippen LogP contribution in [0.25, 0.3) is 0 Å². The van der Waals surface area contributed by atoms with Gasteiger partial charge in [0.05, 0.1) is 0 Å². The highest BCUT2D eigenvalue weighted by atomic mass is 32.2. The van der Waals surface area contributed by atoms with Crippen molar-refractivity contribution in [2.75, 3.05) is 32.9 Å². The highest BCUT2D eigenvalue weighted by Gasteiger charge is 2.31. The van der Waals surface area contributed by atoms with E-state index in [0.717, 1.165) is 5.75 Å². The van der Waals surface area contributed by atoms with Crippen molar-refractivity contribution in [3.8, 4) is 0 Å². The molecule has 1 fully saturated rings. The van der Waals surface area contributed by atoms with E-state index < -0.39 is 10.2 Å². The lowest BCUT2D eigenvalue weighted by Crippen LogP contribution is -2.45. The van der Waals surface area contributed by atoms with Gasteiger partial charge in [0.15, 0.2) is 0 Å². The number of benzene rings is 1. The minimum absolute atomic E-state index is 0.231. The van der Waals surface area contributed by atoms with E-state index in [4.69, 9.17) is 0 Å². The molecule has 1 aliphatic rings. The summed E-state index contributed by atoms with van der Waals surface area (Å²) in [5.74, 6) is 0.840. The van der Waals surface area contributed by atoms with Crippen LogP contribution in [0, 0.1) is 0 Å². The molecule has 6 heteroatoms. The molecule has 1 heterocycles. The molecule has 1 unspecified atom stereocenters. The third kappa shape index (κ3) is 2.88. The third-order valence-corrected chi connectivity index (χ3v) is 6.14. The van der Waals surface area contributed by atoms with Crippen molar-refractivity contribution in [3.63, 3.8) is 0 Å². The first-order valence-electron chi connectivity index (χ1n) is 5.86. The highest BCUT2D eigenvalue weighted by Crippen LogP contribution is 2.34. The molecule has 1 aromatic rings. The van der Waals surface area contributed by atoms with Crippen molar-refractivity contribution in [1.29, 1.82) is 0 Å². The fourth-order valence-electron chi connectivity index (χ4n) is 1.94. The minimum Gasteiger partial charge on any atom is -0.195 e. The lowest BCUT2D eigenvalue weighted by molar-refractivity contribution is 0.382. The van der Waals surface area contributed by atoms with Crippen molar-refractivity contribution in [2.24, 2.45) is 0 Å². The smallest absolute Gasteiger partial charge is 0.195 e. The summed E-state index contributed by atoms with van der Waals surface area (Å²) in [6.07, 6.45) is 0. The SMILES string of the molecule is CN(C)S(=O)(=O)N1CCSC(c2ccccc2)C1. The van der Waals surface area contributed by atoms with E-state index in [1.54, 1.807) is 18.4 Å². The van der Waals surface area contributed by atoms with E-state index >= 15 is 0 Å². The molecule has 4 nitrogen and oxygen atoms in total. The first-order valence-corrected chi connectivity index (χ1v) is 8.30. The van der Waals surface area contributed by atoms with Crippen molar-refractivity contribution in [1.82, 2.24) is 8.61 Å². The molecule has 0 spiro atoms. The molecule has 0 aliphatic carbocycles. The van der Waals surface area contributed by atoms with E-state index in [0.29, 0.717) is 13.1 Å². The summed E-state index contributed by atoms with van der Waals surface area (Å²) in [5, 5.41) is 0.231. The van der Waals surface area contributed by atoms with Gasteiger partial charge in [0.2, 0.25) is 0 Å². The summed E-state index contributed by atoms with van der Waals surface area (Å²) in [6.45, 7) is 1.14. The molecule has 1 aromatic carbocycles. The van der Waals surface area contributed by atoms with Gasteiger partial charge in [-0.15, -0.1) is 0 Å². The number of hydrogen-bond donors (Lipinski definition) is 0. The van der Waals surface area contributed by atoms with E-state index in [1.165, 1.54) is 9.87 Å². The normalized spacial score (nSPS) is 22.3. The maximum atomic E-state index is 12.1. The minimum atomic E-state index is -3.29. The number of thioether (sulfide) groups is 1. The van der Waals surface area contributed by atoms with Crippen LogP contribution in [0.4, 0.5) is 0 Å². The van der Waals surface area contributed by atoms with Gasteiger partial charge < -0.3 is 0 Å². The first-order chi connectivity index (χ1) is 8.51. The van der Waals surface area contributed by atoms with Crippen LogP contribution in [0.1, 0.15) is 10.8 Å². The number of rotatable bonds is 3. The Morgan fingerprint density at radius 2 is 1.94 bits per heavy atom. The van der Waals surface area contributed by atoms with E-state index in [2.05, 4.69) is 12.1 Å². The Labute approximate surface area is 113 Å². The van der Waals surface area contributed by atoms with Gasteiger partial charge in [-0.05, 0) is 5.56 Å². The largest absolute Gasteiger partial charge is 0.281 e. The quantitative estimate of drug-likeness (QED) is 0.847. The van der Waals surface area contributed by atoms with Crippen LogP contribution < -0.4 is 0 Å². The second kappa shape index (κ2) is 5.61. The Morgan fingerprint density at radius 1 is 1.28 bits per heavy atom. The molecule has 100 valence electrons. The Bertz CT molecular complexity index is 488. The van der Waals surface area contributed by atoms with Gasteiger partial charge in [0.25, 0.3) is 10.2 Å². The van der Waals surface area contributed by atoms with Gasteiger partial charge >= 0.3 is 0 Å². The van der Waals surface area contributed by atoms with E-state index in [1.807, 2.05) is 30.0 Å². The molecule has 0 amide bonds. The van der Waals surface area contributed by atoms with Gasteiger partial charge in [-0.3, -0.25) is 0 Å². The van der Waals surface area contributed by atoms with Crippen molar-refractivity contribution in [2.45, 2.75) is 5.25 Å². The van der Waals surface area contributed by atoms with Crippen molar-refractivity contribution >= 4 is 22.0 Å². The maximum absolute atomic E-state index is 12.1. The molecule has 0 N–H and O–H groups in total. The molecule has 1 atom stereocenters. The summed E-state index contributed by atoms with van der Waals surface area (Å²) >= 11 is 1.82. The second-order valence-corrected chi connectivity index (χ2v) is 7.87.